The van der Waals surface area contributed by atoms with Crippen LogP contribution in [0, 0.1) is 0 Å². The van der Waals surface area contributed by atoms with Crippen molar-refractivity contribution >= 4 is 11.3 Å². The fraction of sp³-hybridized carbons (Fsp3) is 0.714. The zero-order chi connectivity index (χ0) is 12.5. The Morgan fingerprint density at radius 2 is 2.29 bits per heavy atom. The third-order valence-corrected chi connectivity index (χ3v) is 4.65. The van der Waals surface area contributed by atoms with Gasteiger partial charge < -0.3 is 5.32 Å². The van der Waals surface area contributed by atoms with Gasteiger partial charge in [-0.1, -0.05) is 6.92 Å². The number of likely N-dealkylation sites (N-methyl/N-ethyl adjacent to an activating group) is 1. The summed E-state index contributed by atoms with van der Waals surface area (Å²) in [5.41, 5.74) is 1.75. The van der Waals surface area contributed by atoms with Gasteiger partial charge in [-0.15, -0.1) is 11.3 Å². The molecule has 0 spiro atoms. The molecule has 0 aromatic carbocycles. The highest BCUT2D eigenvalue weighted by Crippen LogP contribution is 2.33. The first-order chi connectivity index (χ1) is 8.03. The molecule has 17 heavy (non-hydrogen) atoms. The summed E-state index contributed by atoms with van der Waals surface area (Å²) in [5, 5.41) is 5.80. The van der Waals surface area contributed by atoms with Crippen LogP contribution in [0.25, 0.3) is 0 Å². The van der Waals surface area contributed by atoms with Crippen LogP contribution in [0.4, 0.5) is 0 Å². The van der Waals surface area contributed by atoms with E-state index in [1.54, 1.807) is 10.4 Å². The highest BCUT2D eigenvalue weighted by Gasteiger charge is 2.29. The Kier molecular flexibility index (Phi) is 3.91. The predicted molar refractivity (Wildman–Crippen MR) is 75.8 cm³/mol. The summed E-state index contributed by atoms with van der Waals surface area (Å²) in [5.74, 6) is 0. The summed E-state index contributed by atoms with van der Waals surface area (Å²) < 4.78 is 0. The third kappa shape index (κ3) is 2.90. The molecule has 2 heterocycles. The van der Waals surface area contributed by atoms with E-state index in [1.165, 1.54) is 13.0 Å². The lowest BCUT2D eigenvalue weighted by atomic mass is 9.97. The van der Waals surface area contributed by atoms with Crippen molar-refractivity contribution in [1.82, 2.24) is 10.2 Å². The van der Waals surface area contributed by atoms with E-state index in [0.717, 1.165) is 13.1 Å². The predicted octanol–water partition coefficient (Wildman–Crippen LogP) is 3.06. The van der Waals surface area contributed by atoms with E-state index >= 15 is 0 Å². The van der Waals surface area contributed by atoms with Gasteiger partial charge in [-0.3, -0.25) is 4.90 Å². The molecule has 0 saturated carbocycles. The van der Waals surface area contributed by atoms with Crippen molar-refractivity contribution in [2.24, 2.45) is 0 Å². The summed E-state index contributed by atoms with van der Waals surface area (Å²) >= 11 is 1.92. The molecule has 0 radical (unpaired) electrons. The second-order valence-corrected chi connectivity index (χ2v) is 6.61. The molecule has 1 N–H and O–H groups in total. The van der Waals surface area contributed by atoms with E-state index in [9.17, 15) is 0 Å². The molecule has 0 amide bonds. The number of thiophene rings is 1. The zero-order valence-corrected chi connectivity index (χ0v) is 12.2. The first-order valence-corrected chi connectivity index (χ1v) is 7.47. The summed E-state index contributed by atoms with van der Waals surface area (Å²) in [4.78, 5) is 4.20. The topological polar surface area (TPSA) is 15.3 Å². The monoisotopic (exact) mass is 252 g/mol. The van der Waals surface area contributed by atoms with Crippen LogP contribution < -0.4 is 5.32 Å². The minimum Gasteiger partial charge on any atom is -0.311 e. The number of hydrogen-bond acceptors (Lipinski definition) is 3. The summed E-state index contributed by atoms with van der Waals surface area (Å²) in [6, 6.07) is 2.87. The Balaban J connectivity index is 2.05. The van der Waals surface area contributed by atoms with Crippen LogP contribution in [0.1, 0.15) is 44.2 Å². The molecule has 2 rings (SSSR count). The van der Waals surface area contributed by atoms with Crippen LogP contribution in [-0.2, 0) is 6.42 Å². The number of rotatable bonds is 4. The van der Waals surface area contributed by atoms with Crippen molar-refractivity contribution < 1.29 is 0 Å². The van der Waals surface area contributed by atoms with Gasteiger partial charge in [0.05, 0.1) is 0 Å². The Morgan fingerprint density at radius 3 is 3.00 bits per heavy atom. The molecule has 1 aliphatic rings. The van der Waals surface area contributed by atoms with Crippen LogP contribution in [0.2, 0.25) is 0 Å². The van der Waals surface area contributed by atoms with Crippen LogP contribution in [0.15, 0.2) is 11.4 Å². The standard InChI is InChI=1S/C14H24N2S/c1-5-15-14(3,4)10-16-8-6-13-12(11(16)2)7-9-17-13/h7,9,11,15H,5-6,8,10H2,1-4H3. The third-order valence-electron chi connectivity index (χ3n) is 3.66. The molecule has 2 nitrogen and oxygen atoms in total. The van der Waals surface area contributed by atoms with Gasteiger partial charge in [-0.05, 0) is 50.7 Å². The second kappa shape index (κ2) is 5.09. The second-order valence-electron chi connectivity index (χ2n) is 5.61. The van der Waals surface area contributed by atoms with Crippen molar-refractivity contribution in [3.05, 3.63) is 21.9 Å². The molecule has 96 valence electrons. The fourth-order valence-corrected chi connectivity index (χ4v) is 3.78. The fourth-order valence-electron chi connectivity index (χ4n) is 2.82. The van der Waals surface area contributed by atoms with Crippen molar-refractivity contribution in [3.8, 4) is 0 Å². The Hall–Kier alpha value is -0.380. The average molecular weight is 252 g/mol. The van der Waals surface area contributed by atoms with E-state index < -0.39 is 0 Å². The van der Waals surface area contributed by atoms with Crippen molar-refractivity contribution in [1.29, 1.82) is 0 Å². The van der Waals surface area contributed by atoms with E-state index in [0.29, 0.717) is 6.04 Å². The molecule has 0 saturated heterocycles. The SMILES string of the molecule is CCNC(C)(C)CN1CCc2sccc2C1C. The van der Waals surface area contributed by atoms with Crippen molar-refractivity contribution in [2.45, 2.75) is 45.7 Å². The minimum atomic E-state index is 0.205. The Bertz CT molecular complexity index is 370. The normalized spacial score (nSPS) is 21.5. The van der Waals surface area contributed by atoms with Crippen molar-refractivity contribution in [3.63, 3.8) is 0 Å². The largest absolute Gasteiger partial charge is 0.311 e. The molecule has 0 bridgehead atoms. The average Bonchev–Trinajstić information content (AvgIpc) is 2.70. The minimum absolute atomic E-state index is 0.205. The van der Waals surface area contributed by atoms with Crippen LogP contribution in [-0.4, -0.2) is 30.1 Å². The summed E-state index contributed by atoms with van der Waals surface area (Å²) in [7, 11) is 0. The first kappa shape index (κ1) is 13.1. The van der Waals surface area contributed by atoms with Gasteiger partial charge in [-0.2, -0.15) is 0 Å². The number of hydrogen-bond donors (Lipinski definition) is 1. The van der Waals surface area contributed by atoms with Gasteiger partial charge in [0.25, 0.3) is 0 Å². The molecule has 1 atom stereocenters. The lowest BCUT2D eigenvalue weighted by Gasteiger charge is -2.39. The van der Waals surface area contributed by atoms with Gasteiger partial charge >= 0.3 is 0 Å². The van der Waals surface area contributed by atoms with Gasteiger partial charge in [0, 0.05) is 29.5 Å². The Morgan fingerprint density at radius 1 is 1.53 bits per heavy atom. The van der Waals surface area contributed by atoms with E-state index in [2.05, 4.69) is 49.4 Å². The lowest BCUT2D eigenvalue weighted by Crippen LogP contribution is -2.50. The van der Waals surface area contributed by atoms with Crippen molar-refractivity contribution in [2.75, 3.05) is 19.6 Å². The van der Waals surface area contributed by atoms with Gasteiger partial charge in [-0.25, -0.2) is 0 Å². The number of nitrogens with zero attached hydrogens (tertiary/aromatic N) is 1. The van der Waals surface area contributed by atoms with Crippen LogP contribution in [0.5, 0.6) is 0 Å². The molecule has 1 unspecified atom stereocenters. The molecule has 1 aromatic rings. The number of nitrogens with one attached hydrogen (secondary N) is 1. The van der Waals surface area contributed by atoms with Crippen LogP contribution >= 0.6 is 11.3 Å². The maximum Gasteiger partial charge on any atom is 0.0331 e. The van der Waals surface area contributed by atoms with Crippen LogP contribution in [0.3, 0.4) is 0 Å². The van der Waals surface area contributed by atoms with Gasteiger partial charge in [0.2, 0.25) is 0 Å². The summed E-state index contributed by atoms with van der Waals surface area (Å²) in [6.07, 6.45) is 1.22. The molecule has 3 heteroatoms. The molecular weight excluding hydrogens is 228 g/mol. The summed E-state index contributed by atoms with van der Waals surface area (Å²) in [6.45, 7) is 12.5. The van der Waals surface area contributed by atoms with E-state index in [-0.39, 0.29) is 5.54 Å². The Labute approximate surface area is 109 Å². The molecule has 0 aliphatic carbocycles. The quantitative estimate of drug-likeness (QED) is 0.886. The zero-order valence-electron chi connectivity index (χ0n) is 11.4. The highest BCUT2D eigenvalue weighted by molar-refractivity contribution is 7.10. The highest BCUT2D eigenvalue weighted by atomic mass is 32.1. The molecular formula is C14H24N2S. The molecule has 0 fully saturated rings. The number of fused-ring (bicyclic) bond motifs is 1. The molecule has 1 aliphatic heterocycles. The van der Waals surface area contributed by atoms with E-state index in [4.69, 9.17) is 0 Å². The maximum absolute atomic E-state index is 3.57. The maximum atomic E-state index is 3.57. The smallest absolute Gasteiger partial charge is 0.0331 e. The first-order valence-electron chi connectivity index (χ1n) is 6.59. The van der Waals surface area contributed by atoms with E-state index in [1.807, 2.05) is 11.3 Å². The lowest BCUT2D eigenvalue weighted by molar-refractivity contribution is 0.149. The van der Waals surface area contributed by atoms with Gasteiger partial charge in [0.15, 0.2) is 0 Å². The van der Waals surface area contributed by atoms with Gasteiger partial charge in [0.1, 0.15) is 0 Å². The molecule has 1 aromatic heterocycles.